The number of halogens is 2. The van der Waals surface area contributed by atoms with Gasteiger partial charge in [-0.2, -0.15) is 0 Å². The molecule has 0 radical (unpaired) electrons. The number of hydrogen-bond acceptors (Lipinski definition) is 4. The average molecular weight is 358 g/mol. The Morgan fingerprint density at radius 2 is 2.33 bits per heavy atom. The molecule has 0 aliphatic heterocycles. The number of esters is 1. The molecule has 6 heteroatoms. The van der Waals surface area contributed by atoms with Gasteiger partial charge in [-0.05, 0) is 22.4 Å². The van der Waals surface area contributed by atoms with E-state index < -0.39 is 0 Å². The molecular weight excluding hydrogens is 348 g/mol. The van der Waals surface area contributed by atoms with E-state index >= 15 is 0 Å². The van der Waals surface area contributed by atoms with Crippen molar-refractivity contribution in [3.63, 3.8) is 0 Å². The van der Waals surface area contributed by atoms with Crippen molar-refractivity contribution in [1.82, 2.24) is 0 Å². The molecule has 0 N–H and O–H groups in total. The van der Waals surface area contributed by atoms with Crippen molar-refractivity contribution in [2.45, 2.75) is 6.42 Å². The van der Waals surface area contributed by atoms with Crippen molar-refractivity contribution < 1.29 is 14.3 Å². The Bertz CT molecular complexity index is 338. The van der Waals surface area contributed by atoms with E-state index in [0.717, 1.165) is 16.2 Å². The van der Waals surface area contributed by atoms with Crippen LogP contribution in [0.1, 0.15) is 16.1 Å². The molecule has 0 amide bonds. The molecule has 0 bridgehead atoms. The second kappa shape index (κ2) is 6.50. The average Bonchev–Trinajstić information content (AvgIpc) is 2.60. The molecular formula is C9H10Br2O3S. The highest BCUT2D eigenvalue weighted by molar-refractivity contribution is 9.10. The lowest BCUT2D eigenvalue weighted by atomic mass is 10.4. The van der Waals surface area contributed by atoms with Crippen LogP contribution in [0.15, 0.2) is 9.85 Å². The highest BCUT2D eigenvalue weighted by Crippen LogP contribution is 2.35. The number of carbonyl (C=O) groups is 1. The molecule has 0 aromatic carbocycles. The monoisotopic (exact) mass is 356 g/mol. The normalized spacial score (nSPS) is 10.1. The van der Waals surface area contributed by atoms with E-state index in [1.54, 1.807) is 0 Å². The van der Waals surface area contributed by atoms with Gasteiger partial charge in [0.25, 0.3) is 0 Å². The van der Waals surface area contributed by atoms with Crippen molar-refractivity contribution in [2.75, 3.05) is 19.0 Å². The summed E-state index contributed by atoms with van der Waals surface area (Å²) in [6.07, 6.45) is 0.892. The smallest absolute Gasteiger partial charge is 0.351 e. The lowest BCUT2D eigenvalue weighted by Gasteiger charge is -2.05. The quantitative estimate of drug-likeness (QED) is 0.460. The van der Waals surface area contributed by atoms with Crippen LogP contribution in [-0.4, -0.2) is 25.0 Å². The van der Waals surface area contributed by atoms with Crippen LogP contribution in [0.3, 0.4) is 0 Å². The molecule has 0 unspecified atom stereocenters. The predicted octanol–water partition coefficient (Wildman–Crippen LogP) is 3.46. The number of rotatable bonds is 5. The number of carbonyl (C=O) groups excluding carboxylic acids is 1. The summed E-state index contributed by atoms with van der Waals surface area (Å²) in [4.78, 5) is 11.9. The standard InChI is InChI=1S/C9H10Br2O3S/c1-13-9(12)8-7(6(11)5-15-8)14-4-2-3-10/h5H,2-4H2,1H3. The number of thiophene rings is 1. The molecule has 0 spiro atoms. The maximum Gasteiger partial charge on any atom is 0.351 e. The Kier molecular flexibility index (Phi) is 5.63. The Morgan fingerprint density at radius 1 is 1.60 bits per heavy atom. The molecule has 0 aliphatic rings. The lowest BCUT2D eigenvalue weighted by Crippen LogP contribution is -2.04. The number of methoxy groups -OCH3 is 1. The number of alkyl halides is 1. The van der Waals surface area contributed by atoms with Crippen LogP contribution in [0.2, 0.25) is 0 Å². The van der Waals surface area contributed by atoms with E-state index in [1.807, 2.05) is 5.38 Å². The zero-order valence-electron chi connectivity index (χ0n) is 8.09. The Morgan fingerprint density at radius 3 is 2.93 bits per heavy atom. The van der Waals surface area contributed by atoms with Gasteiger partial charge in [0.05, 0.1) is 18.2 Å². The second-order valence-corrected chi connectivity index (χ2v) is 5.15. The van der Waals surface area contributed by atoms with Gasteiger partial charge in [0.2, 0.25) is 0 Å². The van der Waals surface area contributed by atoms with Crippen molar-refractivity contribution in [3.05, 3.63) is 14.7 Å². The van der Waals surface area contributed by atoms with E-state index in [-0.39, 0.29) is 5.97 Å². The minimum Gasteiger partial charge on any atom is -0.491 e. The molecule has 3 nitrogen and oxygen atoms in total. The number of ether oxygens (including phenoxy) is 2. The maximum atomic E-state index is 11.4. The predicted molar refractivity (Wildman–Crippen MR) is 67.3 cm³/mol. The summed E-state index contributed by atoms with van der Waals surface area (Å²) in [7, 11) is 1.36. The van der Waals surface area contributed by atoms with Crippen LogP contribution in [0, 0.1) is 0 Å². The third-order valence-electron chi connectivity index (χ3n) is 1.60. The van der Waals surface area contributed by atoms with E-state index in [0.29, 0.717) is 17.2 Å². The Hall–Kier alpha value is -0.0700. The zero-order chi connectivity index (χ0) is 11.3. The third-order valence-corrected chi connectivity index (χ3v) is 3.99. The Balaban J connectivity index is 2.75. The van der Waals surface area contributed by atoms with Gasteiger partial charge < -0.3 is 9.47 Å². The first-order valence-corrected chi connectivity index (χ1v) is 7.04. The number of hydrogen-bond donors (Lipinski definition) is 0. The molecule has 1 aromatic rings. The first-order chi connectivity index (χ1) is 7.20. The summed E-state index contributed by atoms with van der Waals surface area (Å²) in [5.41, 5.74) is 0. The minimum absolute atomic E-state index is 0.362. The van der Waals surface area contributed by atoms with Crippen LogP contribution in [-0.2, 0) is 4.74 Å². The van der Waals surface area contributed by atoms with Crippen LogP contribution in [0.5, 0.6) is 5.75 Å². The molecule has 84 valence electrons. The fourth-order valence-corrected chi connectivity index (χ4v) is 2.66. The lowest BCUT2D eigenvalue weighted by molar-refractivity contribution is 0.0602. The summed E-state index contributed by atoms with van der Waals surface area (Å²) in [6.45, 7) is 0.574. The minimum atomic E-state index is -0.362. The fraction of sp³-hybridized carbons (Fsp3) is 0.444. The van der Waals surface area contributed by atoms with Gasteiger partial charge in [-0.1, -0.05) is 15.9 Å². The van der Waals surface area contributed by atoms with Gasteiger partial charge in [0.1, 0.15) is 0 Å². The van der Waals surface area contributed by atoms with Gasteiger partial charge >= 0.3 is 5.97 Å². The summed E-state index contributed by atoms with van der Waals surface area (Å²) >= 11 is 7.95. The van der Waals surface area contributed by atoms with Crippen molar-refractivity contribution >= 4 is 49.2 Å². The highest BCUT2D eigenvalue weighted by Gasteiger charge is 2.18. The summed E-state index contributed by atoms with van der Waals surface area (Å²) in [5, 5.41) is 2.69. The summed E-state index contributed by atoms with van der Waals surface area (Å²) < 4.78 is 11.0. The molecule has 1 rings (SSSR count). The van der Waals surface area contributed by atoms with Crippen LogP contribution in [0.4, 0.5) is 0 Å². The van der Waals surface area contributed by atoms with Crippen LogP contribution < -0.4 is 4.74 Å². The molecule has 0 fully saturated rings. The van der Waals surface area contributed by atoms with E-state index in [9.17, 15) is 4.79 Å². The van der Waals surface area contributed by atoms with E-state index in [4.69, 9.17) is 4.74 Å². The Labute approximate surface area is 109 Å². The first-order valence-electron chi connectivity index (χ1n) is 4.24. The SMILES string of the molecule is COC(=O)c1scc(Br)c1OCCCBr. The fourth-order valence-electron chi connectivity index (χ4n) is 0.923. The molecule has 0 saturated carbocycles. The molecule has 1 heterocycles. The highest BCUT2D eigenvalue weighted by atomic mass is 79.9. The van der Waals surface area contributed by atoms with Gasteiger partial charge in [-0.25, -0.2) is 4.79 Å². The van der Waals surface area contributed by atoms with E-state index in [2.05, 4.69) is 36.6 Å². The van der Waals surface area contributed by atoms with Crippen molar-refractivity contribution in [2.24, 2.45) is 0 Å². The third kappa shape index (κ3) is 3.46. The first kappa shape index (κ1) is 13.0. The molecule has 1 aromatic heterocycles. The maximum absolute atomic E-state index is 11.4. The van der Waals surface area contributed by atoms with Gasteiger partial charge in [0, 0.05) is 10.7 Å². The molecule has 0 aliphatic carbocycles. The second-order valence-electron chi connectivity index (χ2n) is 2.62. The molecule has 0 atom stereocenters. The zero-order valence-corrected chi connectivity index (χ0v) is 12.1. The summed E-state index contributed by atoms with van der Waals surface area (Å²) in [5.74, 6) is 0.215. The topological polar surface area (TPSA) is 35.5 Å². The van der Waals surface area contributed by atoms with E-state index in [1.165, 1.54) is 18.4 Å². The van der Waals surface area contributed by atoms with Crippen LogP contribution >= 0.6 is 43.2 Å². The van der Waals surface area contributed by atoms with Crippen molar-refractivity contribution in [1.29, 1.82) is 0 Å². The molecule has 0 saturated heterocycles. The van der Waals surface area contributed by atoms with Gasteiger partial charge in [-0.15, -0.1) is 11.3 Å². The summed E-state index contributed by atoms with van der Waals surface area (Å²) in [6, 6.07) is 0. The largest absolute Gasteiger partial charge is 0.491 e. The van der Waals surface area contributed by atoms with Crippen molar-refractivity contribution in [3.8, 4) is 5.75 Å². The van der Waals surface area contributed by atoms with Gasteiger partial charge in [-0.3, -0.25) is 0 Å². The van der Waals surface area contributed by atoms with Gasteiger partial charge in [0.15, 0.2) is 10.6 Å². The molecule has 15 heavy (non-hydrogen) atoms. The van der Waals surface area contributed by atoms with Crippen LogP contribution in [0.25, 0.3) is 0 Å².